The zero-order valence-electron chi connectivity index (χ0n) is 22.7. The second-order valence-corrected chi connectivity index (χ2v) is 11.2. The first kappa shape index (κ1) is 30.3. The molecule has 1 aliphatic rings. The van der Waals surface area contributed by atoms with Crippen molar-refractivity contribution in [2.24, 2.45) is 11.8 Å². The number of amides is 3. The lowest BCUT2D eigenvalue weighted by atomic mass is 9.98. The van der Waals surface area contributed by atoms with Crippen LogP contribution in [-0.2, 0) is 19.9 Å². The number of aromatic nitrogens is 2. The molecule has 0 spiro atoms. The molecule has 0 saturated carbocycles. The van der Waals surface area contributed by atoms with Gasteiger partial charge in [0.2, 0.25) is 11.8 Å². The number of carbonyl (C=O) groups is 4. The van der Waals surface area contributed by atoms with Gasteiger partial charge >= 0.3 is 6.18 Å². The molecule has 0 aromatic carbocycles. The highest BCUT2D eigenvalue weighted by atomic mass is 19.4. The van der Waals surface area contributed by atoms with Gasteiger partial charge in [-0.3, -0.25) is 23.9 Å². The number of halogens is 3. The monoisotopic (exact) mass is 529 g/mol. The Labute approximate surface area is 215 Å². The van der Waals surface area contributed by atoms with E-state index in [0.29, 0.717) is 12.1 Å². The minimum atomic E-state index is -5.10. The molecule has 1 aromatic heterocycles. The maximum atomic E-state index is 13.5. The van der Waals surface area contributed by atoms with Crippen molar-refractivity contribution < 1.29 is 32.3 Å². The van der Waals surface area contributed by atoms with Crippen molar-refractivity contribution in [3.05, 3.63) is 17.5 Å². The zero-order chi connectivity index (χ0) is 28.5. The van der Waals surface area contributed by atoms with Gasteiger partial charge in [-0.15, -0.1) is 0 Å². The molecule has 3 amide bonds. The van der Waals surface area contributed by atoms with Crippen LogP contribution in [0.5, 0.6) is 0 Å². The quantitative estimate of drug-likeness (QED) is 0.538. The lowest BCUT2D eigenvalue weighted by Crippen LogP contribution is -2.58. The molecule has 1 aromatic rings. The zero-order valence-corrected chi connectivity index (χ0v) is 22.7. The molecular weight excluding hydrogens is 491 g/mol. The first-order valence-electron chi connectivity index (χ1n) is 12.5. The first-order valence-corrected chi connectivity index (χ1v) is 12.5. The molecule has 9 nitrogen and oxygen atoms in total. The summed E-state index contributed by atoms with van der Waals surface area (Å²) >= 11 is 0. The molecule has 0 unspecified atom stereocenters. The van der Waals surface area contributed by atoms with Gasteiger partial charge in [0.25, 0.3) is 11.7 Å². The summed E-state index contributed by atoms with van der Waals surface area (Å²) in [6.07, 6.45) is -4.41. The number of rotatable bonds is 8. The lowest BCUT2D eigenvalue weighted by Gasteiger charge is -2.32. The number of hydrogen-bond acceptors (Lipinski definition) is 5. The third kappa shape index (κ3) is 7.10. The Morgan fingerprint density at radius 2 is 1.57 bits per heavy atom. The number of nitrogens with zero attached hydrogens (tertiary/aromatic N) is 3. The van der Waals surface area contributed by atoms with E-state index in [4.69, 9.17) is 0 Å². The average molecular weight is 530 g/mol. The normalized spacial score (nSPS) is 18.2. The second kappa shape index (κ2) is 11.2. The molecule has 1 fully saturated rings. The summed E-state index contributed by atoms with van der Waals surface area (Å²) in [6, 6.07) is -2.16. The van der Waals surface area contributed by atoms with E-state index in [1.54, 1.807) is 31.5 Å². The van der Waals surface area contributed by atoms with E-state index in [0.717, 1.165) is 0 Å². The Bertz CT molecular complexity index is 1030. The van der Waals surface area contributed by atoms with E-state index >= 15 is 0 Å². The van der Waals surface area contributed by atoms with Crippen LogP contribution in [0.1, 0.15) is 77.5 Å². The molecule has 2 N–H and O–H groups in total. The Kier molecular flexibility index (Phi) is 9.19. The van der Waals surface area contributed by atoms with Crippen molar-refractivity contribution >= 4 is 23.5 Å². The van der Waals surface area contributed by atoms with Crippen LogP contribution >= 0.6 is 0 Å². The van der Waals surface area contributed by atoms with Crippen LogP contribution in [0.25, 0.3) is 0 Å². The smallest absolute Gasteiger partial charge is 0.344 e. The molecule has 0 radical (unpaired) electrons. The highest BCUT2D eigenvalue weighted by molar-refractivity contribution is 5.99. The molecule has 1 saturated heterocycles. The molecule has 37 heavy (non-hydrogen) atoms. The van der Waals surface area contributed by atoms with E-state index in [-0.39, 0.29) is 24.6 Å². The molecule has 2 heterocycles. The molecule has 0 aliphatic carbocycles. The third-order valence-corrected chi connectivity index (χ3v) is 6.28. The highest BCUT2D eigenvalue weighted by Gasteiger charge is 2.46. The Morgan fingerprint density at radius 1 is 1.00 bits per heavy atom. The predicted molar refractivity (Wildman–Crippen MR) is 131 cm³/mol. The van der Waals surface area contributed by atoms with Gasteiger partial charge in [0, 0.05) is 6.54 Å². The molecule has 208 valence electrons. The Hall–Kier alpha value is -2.92. The van der Waals surface area contributed by atoms with E-state index in [2.05, 4.69) is 15.7 Å². The number of aryl methyl sites for hydroxylation is 1. The minimum Gasteiger partial charge on any atom is -0.344 e. The summed E-state index contributed by atoms with van der Waals surface area (Å²) in [7, 11) is 0. The van der Waals surface area contributed by atoms with Crippen LogP contribution in [0, 0.1) is 18.8 Å². The largest absolute Gasteiger partial charge is 0.452 e. The summed E-state index contributed by atoms with van der Waals surface area (Å²) in [6.45, 7) is 13.9. The van der Waals surface area contributed by atoms with Gasteiger partial charge in [0.15, 0.2) is 0 Å². The van der Waals surface area contributed by atoms with Crippen molar-refractivity contribution in [1.29, 1.82) is 0 Å². The molecular formula is C25H38F3N5O4. The van der Waals surface area contributed by atoms with Gasteiger partial charge in [0.05, 0.1) is 17.3 Å². The van der Waals surface area contributed by atoms with Gasteiger partial charge < -0.3 is 15.5 Å². The van der Waals surface area contributed by atoms with Crippen molar-refractivity contribution in [2.45, 2.75) is 98.1 Å². The SMILES string of the molecule is Cc1cc(C(=O)N[C@H](C(=O)N2CCC[C@H]2C(=O)N[C@H](C(=O)C(F)(F)F)C(C)C)C(C)C)n(C(C)(C)C)n1. The molecule has 0 bridgehead atoms. The van der Waals surface area contributed by atoms with Gasteiger partial charge in [-0.05, 0) is 58.4 Å². The first-order chi connectivity index (χ1) is 16.9. The van der Waals surface area contributed by atoms with Crippen LogP contribution in [-0.4, -0.2) is 69.0 Å². The summed E-state index contributed by atoms with van der Waals surface area (Å²) in [5.41, 5.74) is 0.429. The highest BCUT2D eigenvalue weighted by Crippen LogP contribution is 2.24. The van der Waals surface area contributed by atoms with Crippen LogP contribution in [0.4, 0.5) is 13.2 Å². The van der Waals surface area contributed by atoms with Crippen molar-refractivity contribution in [2.75, 3.05) is 6.54 Å². The van der Waals surface area contributed by atoms with E-state index < -0.39 is 59.3 Å². The molecule has 12 heteroatoms. The number of carbonyl (C=O) groups excluding carboxylic acids is 4. The maximum Gasteiger partial charge on any atom is 0.452 e. The summed E-state index contributed by atoms with van der Waals surface area (Å²) in [5.74, 6) is -5.02. The van der Waals surface area contributed by atoms with E-state index in [9.17, 15) is 32.3 Å². The van der Waals surface area contributed by atoms with Gasteiger partial charge in [-0.1, -0.05) is 27.7 Å². The fourth-order valence-corrected chi connectivity index (χ4v) is 4.34. The number of likely N-dealkylation sites (tertiary alicyclic amines) is 1. The predicted octanol–water partition coefficient (Wildman–Crippen LogP) is 2.96. The van der Waals surface area contributed by atoms with Crippen molar-refractivity contribution in [3.63, 3.8) is 0 Å². The standard InChI is InChI=1S/C25H38F3N5O4/c1-13(2)18(20(34)25(26,27)28)29-21(35)16-10-9-11-32(16)23(37)19(14(3)4)30-22(36)17-12-15(5)31-33(17)24(6,7)8/h12-14,16,18-19H,9-11H2,1-8H3,(H,29,35)(H,30,36)/t16-,18-,19-/m0/s1. The van der Waals surface area contributed by atoms with Gasteiger partial charge in [-0.2, -0.15) is 18.3 Å². The third-order valence-electron chi connectivity index (χ3n) is 6.28. The minimum absolute atomic E-state index is 0.203. The van der Waals surface area contributed by atoms with Crippen LogP contribution < -0.4 is 10.6 Å². The van der Waals surface area contributed by atoms with Crippen LogP contribution in [0.3, 0.4) is 0 Å². The number of ketones is 1. The Morgan fingerprint density at radius 3 is 2.05 bits per heavy atom. The topological polar surface area (TPSA) is 113 Å². The molecule has 3 atom stereocenters. The fourth-order valence-electron chi connectivity index (χ4n) is 4.34. The summed E-state index contributed by atoms with van der Waals surface area (Å²) in [4.78, 5) is 52.8. The van der Waals surface area contributed by atoms with E-state index in [1.165, 1.54) is 18.7 Å². The second-order valence-electron chi connectivity index (χ2n) is 11.2. The van der Waals surface area contributed by atoms with Gasteiger partial charge in [0.1, 0.15) is 17.8 Å². The number of nitrogens with one attached hydrogen (secondary N) is 2. The Balaban J connectivity index is 2.25. The maximum absolute atomic E-state index is 13.5. The van der Waals surface area contributed by atoms with Crippen molar-refractivity contribution in [1.82, 2.24) is 25.3 Å². The summed E-state index contributed by atoms with van der Waals surface area (Å²) < 4.78 is 40.7. The lowest BCUT2D eigenvalue weighted by molar-refractivity contribution is -0.175. The van der Waals surface area contributed by atoms with Crippen molar-refractivity contribution in [3.8, 4) is 0 Å². The van der Waals surface area contributed by atoms with Crippen LogP contribution in [0.2, 0.25) is 0 Å². The molecule has 1 aliphatic heterocycles. The number of alkyl halides is 3. The summed E-state index contributed by atoms with van der Waals surface area (Å²) in [5, 5.41) is 9.36. The van der Waals surface area contributed by atoms with E-state index in [1.807, 2.05) is 20.8 Å². The van der Waals surface area contributed by atoms with Crippen LogP contribution in [0.15, 0.2) is 6.07 Å². The molecule has 2 rings (SSSR count). The average Bonchev–Trinajstić information content (AvgIpc) is 3.40. The fraction of sp³-hybridized carbons (Fsp3) is 0.720. The van der Waals surface area contributed by atoms with Gasteiger partial charge in [-0.25, -0.2) is 0 Å². The number of Topliss-reactive ketones (excluding diaryl/α,β-unsaturated/α-hetero) is 1. The number of hydrogen-bond donors (Lipinski definition) is 2.